The Morgan fingerprint density at radius 1 is 0.712 bits per heavy atom. The molecule has 1 heterocycles. The molecule has 3 aromatic carbocycles. The van der Waals surface area contributed by atoms with Crippen LogP contribution in [0, 0.1) is 5.92 Å². The Bertz CT molecular complexity index is 2110. The molecule has 3 aromatic rings. The molecule has 6 rings (SSSR count). The number of fused-ring (bicyclic) bond motifs is 1. The first-order valence-corrected chi connectivity index (χ1v) is 24.5. The number of carbonyl (C=O) groups is 6. The van der Waals surface area contributed by atoms with Crippen LogP contribution in [0.3, 0.4) is 0 Å². The summed E-state index contributed by atoms with van der Waals surface area (Å²) < 4.78 is 0. The Morgan fingerprint density at radius 2 is 1.36 bits per heavy atom. The number of unbranched alkanes of at least 4 members (excludes halogenated alkanes) is 7. The van der Waals surface area contributed by atoms with Gasteiger partial charge in [-0.05, 0) is 119 Å². The summed E-state index contributed by atoms with van der Waals surface area (Å²) in [6.45, 7) is 1.98. The molecule has 0 aromatic heterocycles. The number of nitrogens with two attached hydrogens (primary N) is 1. The molecular formula is C52H72N8O6. The lowest BCUT2D eigenvalue weighted by Crippen LogP contribution is -2.58. The van der Waals surface area contributed by atoms with Crippen molar-refractivity contribution in [1.82, 2.24) is 26.2 Å². The van der Waals surface area contributed by atoms with E-state index in [-0.39, 0.29) is 60.0 Å². The number of nitrogens with zero attached hydrogens (tertiary/aromatic N) is 1. The minimum atomic E-state index is -0.767. The molecular weight excluding hydrogens is 833 g/mol. The fourth-order valence-electron chi connectivity index (χ4n) is 9.71. The van der Waals surface area contributed by atoms with Gasteiger partial charge in [0.2, 0.25) is 29.5 Å². The van der Waals surface area contributed by atoms with E-state index < -0.39 is 18.1 Å². The molecule has 1 aliphatic heterocycles. The fraction of sp³-hybridized carbons (Fsp3) is 0.538. The second kappa shape index (κ2) is 25.2. The van der Waals surface area contributed by atoms with E-state index in [9.17, 15) is 28.8 Å². The molecule has 5 atom stereocenters. The smallest absolute Gasteiger partial charge is 0.255 e. The van der Waals surface area contributed by atoms with Crippen LogP contribution in [0.1, 0.15) is 150 Å². The number of para-hydroxylation sites is 2. The van der Waals surface area contributed by atoms with Crippen molar-refractivity contribution in [2.75, 3.05) is 30.0 Å². The third kappa shape index (κ3) is 14.4. The maximum atomic E-state index is 14.6. The topological polar surface area (TPSA) is 204 Å². The van der Waals surface area contributed by atoms with Crippen molar-refractivity contribution in [3.05, 3.63) is 89.5 Å². The molecule has 0 radical (unpaired) electrons. The molecule has 356 valence electrons. The number of carbonyl (C=O) groups excluding carboxylic acids is 6. The molecule has 8 N–H and O–H groups in total. The molecule has 0 bridgehead atoms. The summed E-state index contributed by atoms with van der Waals surface area (Å²) in [4.78, 5) is 82.1. The molecule has 14 nitrogen and oxygen atoms in total. The average Bonchev–Trinajstić information content (AvgIpc) is 3.75. The average molecular weight is 905 g/mol. The van der Waals surface area contributed by atoms with Crippen LogP contribution in [0.25, 0.3) is 0 Å². The minimum absolute atomic E-state index is 0.0189. The number of nitrogens with one attached hydrogen (secondary N) is 6. The van der Waals surface area contributed by atoms with Crippen LogP contribution < -0.4 is 37.6 Å². The summed E-state index contributed by atoms with van der Waals surface area (Å²) >= 11 is 0. The molecule has 66 heavy (non-hydrogen) atoms. The lowest BCUT2D eigenvalue weighted by atomic mass is 9.83. The van der Waals surface area contributed by atoms with E-state index in [1.165, 1.54) is 5.56 Å². The van der Waals surface area contributed by atoms with Gasteiger partial charge in [0, 0.05) is 36.7 Å². The molecule has 0 spiro atoms. The van der Waals surface area contributed by atoms with Gasteiger partial charge in [-0.1, -0.05) is 94.2 Å². The number of benzene rings is 3. The van der Waals surface area contributed by atoms with Crippen molar-refractivity contribution < 1.29 is 28.8 Å². The third-order valence-electron chi connectivity index (χ3n) is 13.6. The highest BCUT2D eigenvalue weighted by atomic mass is 16.2. The van der Waals surface area contributed by atoms with E-state index in [1.807, 2.05) is 12.1 Å². The second-order valence-corrected chi connectivity index (χ2v) is 18.5. The Hall–Kier alpha value is -5.76. The number of hydrogen-bond donors (Lipinski definition) is 7. The summed E-state index contributed by atoms with van der Waals surface area (Å²) in [5, 5.41) is 18.2. The van der Waals surface area contributed by atoms with Gasteiger partial charge in [0.05, 0.1) is 23.5 Å². The monoisotopic (exact) mass is 905 g/mol. The standard InChI is InChI=1S/C52H72N8O6/c1-35(54-2)49(63)59-48(37-20-10-9-11-21-37)52(66)60-34-40(33-45(60)51(65)57-43-26-18-22-36-19-14-15-23-41(36)43)56-47(62)28-13-8-6-4-3-5-7-12-27-46(61)55-39-31-29-38(30-32-39)50(64)58-44-25-17-16-24-42(44)53/h14-17,19,23-25,29-32,35,37,40,43,45,48,54H,3-13,18,20-22,26-28,33-34,53H2,1-2H3,(H,55,61)(H,56,62)(H,57,65)(H,58,64)(H,59,63)/t35-,40-,43+,45-,48-/m0/s1. The van der Waals surface area contributed by atoms with Crippen LogP contribution in [-0.4, -0.2) is 78.1 Å². The Labute approximate surface area is 390 Å². The van der Waals surface area contributed by atoms with Crippen molar-refractivity contribution in [3.63, 3.8) is 0 Å². The number of nitrogen functional groups attached to an aromatic ring is 1. The number of aryl methyl sites for hydroxylation is 1. The molecule has 14 heteroatoms. The Balaban J connectivity index is 0.908. The quantitative estimate of drug-likeness (QED) is 0.0401. The predicted molar refractivity (Wildman–Crippen MR) is 259 cm³/mol. The largest absolute Gasteiger partial charge is 0.397 e. The van der Waals surface area contributed by atoms with E-state index in [0.717, 1.165) is 108 Å². The number of amides is 6. The van der Waals surface area contributed by atoms with E-state index >= 15 is 0 Å². The highest BCUT2D eigenvalue weighted by Crippen LogP contribution is 2.32. The van der Waals surface area contributed by atoms with E-state index in [0.29, 0.717) is 41.9 Å². The number of anilines is 3. The maximum absolute atomic E-state index is 14.6. The molecule has 3 aliphatic rings. The van der Waals surface area contributed by atoms with Crippen molar-refractivity contribution in [1.29, 1.82) is 0 Å². The summed E-state index contributed by atoms with van der Waals surface area (Å²) in [5.74, 6) is -1.15. The minimum Gasteiger partial charge on any atom is -0.397 e. The maximum Gasteiger partial charge on any atom is 0.255 e. The van der Waals surface area contributed by atoms with Crippen LogP contribution in [0.5, 0.6) is 0 Å². The third-order valence-corrected chi connectivity index (χ3v) is 13.6. The first-order valence-electron chi connectivity index (χ1n) is 24.5. The molecule has 0 unspecified atom stereocenters. The predicted octanol–water partition coefficient (Wildman–Crippen LogP) is 7.31. The summed E-state index contributed by atoms with van der Waals surface area (Å²) in [7, 11) is 1.72. The number of likely N-dealkylation sites (N-methyl/N-ethyl adjacent to an activating group) is 1. The van der Waals surface area contributed by atoms with Crippen LogP contribution in [-0.2, 0) is 30.4 Å². The Kier molecular flexibility index (Phi) is 19.0. The normalized spacial score (nSPS) is 19.2. The molecule has 2 aliphatic carbocycles. The number of likely N-dealkylation sites (tertiary alicyclic amines) is 1. The summed E-state index contributed by atoms with van der Waals surface area (Å²) in [5.41, 5.74) is 10.4. The van der Waals surface area contributed by atoms with Crippen molar-refractivity contribution in [2.45, 2.75) is 159 Å². The van der Waals surface area contributed by atoms with E-state index in [2.05, 4.69) is 44.0 Å². The zero-order chi connectivity index (χ0) is 46.8. The van der Waals surface area contributed by atoms with E-state index in [4.69, 9.17) is 5.73 Å². The van der Waals surface area contributed by atoms with Crippen LogP contribution in [0.4, 0.5) is 17.1 Å². The highest BCUT2D eigenvalue weighted by Gasteiger charge is 2.45. The zero-order valence-corrected chi connectivity index (χ0v) is 39.0. The molecule has 2 fully saturated rings. The molecule has 6 amide bonds. The summed E-state index contributed by atoms with van der Waals surface area (Å²) in [6.07, 6.45) is 16.2. The number of rotatable bonds is 22. The van der Waals surface area contributed by atoms with Gasteiger partial charge in [-0.2, -0.15) is 0 Å². The summed E-state index contributed by atoms with van der Waals surface area (Å²) in [6, 6.07) is 19.5. The number of hydrogen-bond acceptors (Lipinski definition) is 8. The van der Waals surface area contributed by atoms with Gasteiger partial charge in [0.25, 0.3) is 5.91 Å². The van der Waals surface area contributed by atoms with Gasteiger partial charge >= 0.3 is 0 Å². The lowest BCUT2D eigenvalue weighted by Gasteiger charge is -2.35. The van der Waals surface area contributed by atoms with Crippen LogP contribution in [0.2, 0.25) is 0 Å². The molecule has 1 saturated carbocycles. The van der Waals surface area contributed by atoms with Gasteiger partial charge in [0.1, 0.15) is 12.1 Å². The van der Waals surface area contributed by atoms with Gasteiger partial charge in [-0.15, -0.1) is 0 Å². The van der Waals surface area contributed by atoms with Gasteiger partial charge < -0.3 is 42.5 Å². The zero-order valence-electron chi connectivity index (χ0n) is 39.0. The van der Waals surface area contributed by atoms with Crippen molar-refractivity contribution >= 4 is 52.5 Å². The lowest BCUT2D eigenvalue weighted by molar-refractivity contribution is -0.143. The van der Waals surface area contributed by atoms with Crippen LogP contribution >= 0.6 is 0 Å². The van der Waals surface area contributed by atoms with Gasteiger partial charge in [-0.25, -0.2) is 0 Å². The fourth-order valence-corrected chi connectivity index (χ4v) is 9.71. The van der Waals surface area contributed by atoms with Crippen molar-refractivity contribution in [3.8, 4) is 0 Å². The van der Waals surface area contributed by atoms with Gasteiger partial charge in [-0.3, -0.25) is 28.8 Å². The SMILES string of the molecule is CN[C@@H](C)C(=O)N[C@H](C(=O)N1C[C@@H](NC(=O)CCCCCCCCCCC(=O)Nc2ccc(C(=O)Nc3ccccc3N)cc2)C[C@H]1C(=O)N[C@@H]1CCCc2ccccc21)C1CCCCC1. The van der Waals surface area contributed by atoms with E-state index in [1.54, 1.807) is 67.4 Å². The van der Waals surface area contributed by atoms with Gasteiger partial charge in [0.15, 0.2) is 0 Å². The van der Waals surface area contributed by atoms with Crippen molar-refractivity contribution in [2.24, 2.45) is 5.92 Å². The first kappa shape index (κ1) is 49.7. The Morgan fingerprint density at radius 3 is 2.06 bits per heavy atom. The second-order valence-electron chi connectivity index (χ2n) is 18.5. The first-order chi connectivity index (χ1) is 32.0. The highest BCUT2D eigenvalue weighted by molar-refractivity contribution is 6.06. The van der Waals surface area contributed by atoms with Crippen LogP contribution in [0.15, 0.2) is 72.8 Å². The molecule has 1 saturated heterocycles.